The fourth-order valence-electron chi connectivity index (χ4n) is 7.33. The summed E-state index contributed by atoms with van der Waals surface area (Å²) in [5.74, 6) is 0. The van der Waals surface area contributed by atoms with Gasteiger partial charge in [-0.15, -0.1) is 0 Å². The zero-order chi connectivity index (χ0) is 28.8. The molecule has 0 amide bonds. The molecule has 0 radical (unpaired) electrons. The summed E-state index contributed by atoms with van der Waals surface area (Å²) in [4.78, 5) is 0. The van der Waals surface area contributed by atoms with Crippen molar-refractivity contribution in [2.45, 2.75) is 0 Å². The molecule has 10 rings (SSSR count). The zero-order valence-electron chi connectivity index (χ0n) is 23.7. The summed E-state index contributed by atoms with van der Waals surface area (Å²) in [5, 5.41) is 11.7. The van der Waals surface area contributed by atoms with Gasteiger partial charge in [-0.3, -0.25) is 0 Å². The lowest BCUT2D eigenvalue weighted by atomic mass is 9.86. The fourth-order valence-corrected chi connectivity index (χ4v) is 7.33. The molecule has 0 aliphatic rings. The highest BCUT2D eigenvalue weighted by Gasteiger charge is 2.19. The third-order valence-electron chi connectivity index (χ3n) is 9.23. The predicted octanol–water partition coefficient (Wildman–Crippen LogP) is 12.3. The van der Waals surface area contributed by atoms with E-state index in [4.69, 9.17) is 8.83 Å². The van der Waals surface area contributed by atoms with Gasteiger partial charge in [0.25, 0.3) is 0 Å². The van der Waals surface area contributed by atoms with Gasteiger partial charge < -0.3 is 8.83 Å². The second-order valence-electron chi connectivity index (χ2n) is 11.6. The minimum Gasteiger partial charge on any atom is -0.456 e. The maximum Gasteiger partial charge on any atom is 0.136 e. The largest absolute Gasteiger partial charge is 0.456 e. The summed E-state index contributed by atoms with van der Waals surface area (Å²) in [5.41, 5.74) is 8.43. The second kappa shape index (κ2) is 8.82. The van der Waals surface area contributed by atoms with Gasteiger partial charge in [0.1, 0.15) is 22.3 Å². The molecule has 0 spiro atoms. The van der Waals surface area contributed by atoms with E-state index < -0.39 is 0 Å². The van der Waals surface area contributed by atoms with Crippen molar-refractivity contribution in [2.24, 2.45) is 0 Å². The highest BCUT2D eigenvalue weighted by Crippen LogP contribution is 2.45. The topological polar surface area (TPSA) is 26.3 Å². The Morgan fingerprint density at radius 1 is 0.295 bits per heavy atom. The van der Waals surface area contributed by atoms with E-state index in [0.717, 1.165) is 43.9 Å². The van der Waals surface area contributed by atoms with Crippen molar-refractivity contribution in [3.63, 3.8) is 0 Å². The summed E-state index contributed by atoms with van der Waals surface area (Å²) in [6.07, 6.45) is 0. The Morgan fingerprint density at radius 3 is 1.55 bits per heavy atom. The molecule has 8 aromatic carbocycles. The van der Waals surface area contributed by atoms with E-state index >= 15 is 0 Å². The lowest BCUT2D eigenvalue weighted by Gasteiger charge is -2.17. The molecule has 2 nitrogen and oxygen atoms in total. The van der Waals surface area contributed by atoms with Crippen molar-refractivity contribution in [3.8, 4) is 22.3 Å². The maximum atomic E-state index is 6.49. The van der Waals surface area contributed by atoms with Crippen molar-refractivity contribution >= 4 is 76.2 Å². The molecule has 10 aromatic rings. The minimum atomic E-state index is 0.870. The van der Waals surface area contributed by atoms with Crippen LogP contribution >= 0.6 is 0 Å². The first-order valence-electron chi connectivity index (χ1n) is 15.0. The van der Waals surface area contributed by atoms with Gasteiger partial charge in [-0.05, 0) is 84.9 Å². The summed E-state index contributed by atoms with van der Waals surface area (Å²) in [6.45, 7) is 0. The van der Waals surface area contributed by atoms with Crippen LogP contribution in [0.5, 0.6) is 0 Å². The highest BCUT2D eigenvalue weighted by atomic mass is 16.3. The third-order valence-corrected chi connectivity index (χ3v) is 9.23. The van der Waals surface area contributed by atoms with Gasteiger partial charge in [-0.1, -0.05) is 115 Å². The van der Waals surface area contributed by atoms with Crippen molar-refractivity contribution in [1.29, 1.82) is 0 Å². The standard InChI is InChI=1S/C42H24O2/c1-2-11-26(12-3-1)40-29-14-6-8-16-31(29)41(32-17-9-7-15-30(32)40)27-19-20-36-33(22-27)34-23-39-35(24-38(34)43-36)42-28-13-5-4-10-25(28)18-21-37(42)44-39/h1-24H. The lowest BCUT2D eigenvalue weighted by Crippen LogP contribution is -1.90. The van der Waals surface area contributed by atoms with Gasteiger partial charge in [0, 0.05) is 21.5 Å². The Morgan fingerprint density at radius 2 is 0.818 bits per heavy atom. The molecule has 0 aliphatic carbocycles. The number of furan rings is 2. The van der Waals surface area contributed by atoms with Gasteiger partial charge in [-0.25, -0.2) is 0 Å². The lowest BCUT2D eigenvalue weighted by molar-refractivity contribution is 0.664. The summed E-state index contributed by atoms with van der Waals surface area (Å²) in [6, 6.07) is 51.9. The molecule has 2 aromatic heterocycles. The Labute approximate surface area is 252 Å². The van der Waals surface area contributed by atoms with Gasteiger partial charge >= 0.3 is 0 Å². The molecule has 0 bridgehead atoms. The van der Waals surface area contributed by atoms with Gasteiger partial charge in [-0.2, -0.15) is 0 Å². The predicted molar refractivity (Wildman–Crippen MR) is 184 cm³/mol. The van der Waals surface area contributed by atoms with E-state index in [2.05, 4.69) is 146 Å². The van der Waals surface area contributed by atoms with Crippen LogP contribution in [0.15, 0.2) is 154 Å². The third kappa shape index (κ3) is 3.25. The molecule has 0 atom stereocenters. The Hall–Kier alpha value is -5.86. The normalized spacial score (nSPS) is 12.1. The maximum absolute atomic E-state index is 6.49. The first-order chi connectivity index (χ1) is 21.8. The highest BCUT2D eigenvalue weighted by molar-refractivity contribution is 6.24. The van der Waals surface area contributed by atoms with E-state index in [-0.39, 0.29) is 0 Å². The summed E-state index contributed by atoms with van der Waals surface area (Å²) in [7, 11) is 0. The van der Waals surface area contributed by atoms with Crippen LogP contribution in [0.3, 0.4) is 0 Å². The van der Waals surface area contributed by atoms with Crippen LogP contribution in [0.2, 0.25) is 0 Å². The van der Waals surface area contributed by atoms with Gasteiger partial charge in [0.15, 0.2) is 0 Å². The quantitative estimate of drug-likeness (QED) is 0.197. The molecule has 0 saturated heterocycles. The number of benzene rings is 8. The van der Waals surface area contributed by atoms with Crippen LogP contribution in [-0.2, 0) is 0 Å². The number of hydrogen-bond donors (Lipinski definition) is 0. The fraction of sp³-hybridized carbons (Fsp3) is 0. The van der Waals surface area contributed by atoms with E-state index in [0.29, 0.717) is 0 Å². The van der Waals surface area contributed by atoms with Gasteiger partial charge in [0.2, 0.25) is 0 Å². The number of rotatable bonds is 2. The van der Waals surface area contributed by atoms with Crippen LogP contribution in [0.4, 0.5) is 0 Å². The minimum absolute atomic E-state index is 0.870. The SMILES string of the molecule is c1ccc(-c2c3ccccc3c(-c3ccc4oc5cc6c(cc5c4c3)oc3ccc4ccccc4c36)c3ccccc23)cc1. The van der Waals surface area contributed by atoms with Crippen LogP contribution in [-0.4, -0.2) is 0 Å². The molecule has 44 heavy (non-hydrogen) atoms. The van der Waals surface area contributed by atoms with Crippen LogP contribution in [0.1, 0.15) is 0 Å². The van der Waals surface area contributed by atoms with Crippen LogP contribution in [0, 0.1) is 0 Å². The Kier molecular flexibility index (Phi) is 4.75. The molecule has 0 aliphatic heterocycles. The van der Waals surface area contributed by atoms with Crippen molar-refractivity contribution in [3.05, 3.63) is 146 Å². The Balaban J connectivity index is 1.26. The first kappa shape index (κ1) is 23.7. The van der Waals surface area contributed by atoms with Crippen LogP contribution in [0.25, 0.3) is 98.4 Å². The van der Waals surface area contributed by atoms with Crippen LogP contribution < -0.4 is 0 Å². The van der Waals surface area contributed by atoms with Crippen molar-refractivity contribution in [1.82, 2.24) is 0 Å². The molecular formula is C42H24O2. The average Bonchev–Trinajstić information content (AvgIpc) is 3.63. The smallest absolute Gasteiger partial charge is 0.136 e. The molecule has 0 saturated carbocycles. The summed E-state index contributed by atoms with van der Waals surface area (Å²) >= 11 is 0. The molecule has 204 valence electrons. The molecule has 2 heterocycles. The molecule has 0 N–H and O–H groups in total. The molecular weight excluding hydrogens is 536 g/mol. The zero-order valence-corrected chi connectivity index (χ0v) is 23.7. The van der Waals surface area contributed by atoms with E-state index in [1.54, 1.807) is 0 Å². The number of fused-ring (bicyclic) bond motifs is 10. The van der Waals surface area contributed by atoms with E-state index in [1.807, 2.05) is 0 Å². The second-order valence-corrected chi connectivity index (χ2v) is 11.6. The van der Waals surface area contributed by atoms with Gasteiger partial charge in [0.05, 0.1) is 0 Å². The first-order valence-corrected chi connectivity index (χ1v) is 15.0. The number of hydrogen-bond acceptors (Lipinski definition) is 2. The van der Waals surface area contributed by atoms with Crippen molar-refractivity contribution < 1.29 is 8.83 Å². The molecule has 0 fully saturated rings. The Bertz CT molecular complexity index is 2700. The molecule has 2 heteroatoms. The van der Waals surface area contributed by atoms with Crippen molar-refractivity contribution in [2.75, 3.05) is 0 Å². The van der Waals surface area contributed by atoms with E-state index in [1.165, 1.54) is 54.6 Å². The van der Waals surface area contributed by atoms with E-state index in [9.17, 15) is 0 Å². The average molecular weight is 561 g/mol. The molecule has 0 unspecified atom stereocenters. The monoisotopic (exact) mass is 560 g/mol. The summed E-state index contributed by atoms with van der Waals surface area (Å²) < 4.78 is 12.9.